The van der Waals surface area contributed by atoms with E-state index >= 15 is 0 Å². The fourth-order valence-corrected chi connectivity index (χ4v) is 5.26. The number of carbonyl (C=O) groups is 3. The first-order valence-corrected chi connectivity index (χ1v) is 14.6. The molecular formula is C30H35N3O6S. The highest BCUT2D eigenvalue weighted by molar-refractivity contribution is 7.89. The van der Waals surface area contributed by atoms with Crippen molar-refractivity contribution < 1.29 is 27.5 Å². The molecule has 0 saturated carbocycles. The van der Waals surface area contributed by atoms with E-state index in [1.165, 1.54) is 6.07 Å². The molecule has 0 unspecified atom stereocenters. The van der Waals surface area contributed by atoms with Gasteiger partial charge in [-0.3, -0.25) is 19.4 Å². The van der Waals surface area contributed by atoms with Gasteiger partial charge in [-0.25, -0.2) is 13.1 Å². The summed E-state index contributed by atoms with van der Waals surface area (Å²) in [7, 11) is -4.06. The zero-order chi connectivity index (χ0) is 29.0. The smallest absolute Gasteiger partial charge is 0.244 e. The Labute approximate surface area is 235 Å². The van der Waals surface area contributed by atoms with E-state index in [0.717, 1.165) is 11.1 Å². The fourth-order valence-electron chi connectivity index (χ4n) is 4.10. The van der Waals surface area contributed by atoms with Gasteiger partial charge < -0.3 is 10.1 Å². The summed E-state index contributed by atoms with van der Waals surface area (Å²) in [5.74, 6) is -1.28. The van der Waals surface area contributed by atoms with E-state index in [4.69, 9.17) is 4.74 Å². The summed E-state index contributed by atoms with van der Waals surface area (Å²) in [6.45, 7) is 3.22. The summed E-state index contributed by atoms with van der Waals surface area (Å²) in [5, 5.41) is 2.57. The summed E-state index contributed by atoms with van der Waals surface area (Å²) in [6.07, 6.45) is 3.94. The number of ketones is 2. The highest BCUT2D eigenvalue weighted by Gasteiger charge is 2.24. The molecule has 0 saturated heterocycles. The Morgan fingerprint density at radius 1 is 0.850 bits per heavy atom. The maximum atomic E-state index is 12.9. The number of aromatic nitrogens is 1. The van der Waals surface area contributed by atoms with E-state index in [2.05, 4.69) is 15.0 Å². The fraction of sp³-hybridized carbons (Fsp3) is 0.333. The lowest BCUT2D eigenvalue weighted by molar-refractivity contribution is -0.131. The number of benzene rings is 2. The van der Waals surface area contributed by atoms with Crippen LogP contribution in [0.4, 0.5) is 0 Å². The number of amides is 1. The molecular weight excluding hydrogens is 530 g/mol. The molecule has 0 aliphatic carbocycles. The quantitative estimate of drug-likeness (QED) is 0.272. The van der Waals surface area contributed by atoms with E-state index in [9.17, 15) is 22.8 Å². The van der Waals surface area contributed by atoms with Gasteiger partial charge in [-0.1, -0.05) is 56.3 Å². The van der Waals surface area contributed by atoms with Crippen LogP contribution in [-0.2, 0) is 37.4 Å². The highest BCUT2D eigenvalue weighted by Crippen LogP contribution is 2.24. The molecule has 2 N–H and O–H groups in total. The van der Waals surface area contributed by atoms with Crippen LogP contribution in [0.2, 0.25) is 0 Å². The molecule has 1 amide bonds. The second-order valence-corrected chi connectivity index (χ2v) is 11.6. The minimum atomic E-state index is -4.06. The van der Waals surface area contributed by atoms with Gasteiger partial charge in [0.2, 0.25) is 15.9 Å². The number of carbonyl (C=O) groups excluding carboxylic acids is 3. The van der Waals surface area contributed by atoms with Crippen molar-refractivity contribution in [1.82, 2.24) is 15.0 Å². The minimum absolute atomic E-state index is 0.0485. The third-order valence-electron chi connectivity index (χ3n) is 6.05. The van der Waals surface area contributed by atoms with Crippen molar-refractivity contribution in [3.05, 3.63) is 90.3 Å². The van der Waals surface area contributed by atoms with Crippen LogP contribution in [0.3, 0.4) is 0 Å². The molecule has 0 fully saturated rings. The zero-order valence-electron chi connectivity index (χ0n) is 22.7. The highest BCUT2D eigenvalue weighted by atomic mass is 32.2. The standard InChI is InChI=1S/C30H35N3O6S/c1-22(2)16-25(18-26(34)17-23-12-14-31-15-13-23)30(36)32-19-27(35)20-33-40(37,38)29-11-7-6-10-28(29)39-21-24-8-4-3-5-9-24/h3-15,22,25,33H,16-21H2,1-2H3,(H,32,36)/t25-/m1/s1. The maximum Gasteiger partial charge on any atom is 0.244 e. The summed E-state index contributed by atoms with van der Waals surface area (Å²) in [6, 6.07) is 19.0. The number of nitrogens with zero attached hydrogens (tertiary/aromatic N) is 1. The lowest BCUT2D eigenvalue weighted by Crippen LogP contribution is -2.40. The summed E-state index contributed by atoms with van der Waals surface area (Å²) in [4.78, 5) is 41.8. The Hall–Kier alpha value is -3.89. The van der Waals surface area contributed by atoms with E-state index in [-0.39, 0.29) is 48.3 Å². The van der Waals surface area contributed by atoms with Gasteiger partial charge in [0.15, 0.2) is 5.78 Å². The number of nitrogens with one attached hydrogen (secondary N) is 2. The molecule has 10 heteroatoms. The summed E-state index contributed by atoms with van der Waals surface area (Å²) >= 11 is 0. The Morgan fingerprint density at radius 2 is 1.52 bits per heavy atom. The lowest BCUT2D eigenvalue weighted by atomic mass is 9.90. The van der Waals surface area contributed by atoms with Gasteiger partial charge >= 0.3 is 0 Å². The van der Waals surface area contributed by atoms with Crippen LogP contribution in [0.5, 0.6) is 5.75 Å². The molecule has 1 heterocycles. The maximum absolute atomic E-state index is 12.9. The van der Waals surface area contributed by atoms with Gasteiger partial charge in [0.1, 0.15) is 23.0 Å². The number of ether oxygens (including phenoxy) is 1. The first-order valence-electron chi connectivity index (χ1n) is 13.1. The van der Waals surface area contributed by atoms with Crippen molar-refractivity contribution in [2.24, 2.45) is 11.8 Å². The Bertz CT molecular complexity index is 1380. The van der Waals surface area contributed by atoms with Gasteiger partial charge in [-0.15, -0.1) is 0 Å². The average molecular weight is 566 g/mol. The SMILES string of the molecule is CC(C)C[C@H](CC(=O)Cc1ccncc1)C(=O)NCC(=O)CNS(=O)(=O)c1ccccc1OCc1ccccc1. The van der Waals surface area contributed by atoms with Crippen LogP contribution in [0, 0.1) is 11.8 Å². The van der Waals surface area contributed by atoms with Crippen molar-refractivity contribution in [3.63, 3.8) is 0 Å². The molecule has 212 valence electrons. The van der Waals surface area contributed by atoms with E-state index < -0.39 is 34.2 Å². The normalized spacial score (nSPS) is 12.1. The zero-order valence-corrected chi connectivity index (χ0v) is 23.5. The Balaban J connectivity index is 1.53. The van der Waals surface area contributed by atoms with Gasteiger partial charge in [-0.2, -0.15) is 0 Å². The number of hydrogen-bond donors (Lipinski definition) is 2. The first-order chi connectivity index (χ1) is 19.1. The van der Waals surface area contributed by atoms with Crippen LogP contribution >= 0.6 is 0 Å². The molecule has 1 atom stereocenters. The minimum Gasteiger partial charge on any atom is -0.487 e. The van der Waals surface area contributed by atoms with E-state index in [1.54, 1.807) is 42.7 Å². The molecule has 0 radical (unpaired) electrons. The number of Topliss-reactive ketones (excluding diaryl/α,β-unsaturated/α-hetero) is 2. The molecule has 40 heavy (non-hydrogen) atoms. The van der Waals surface area contributed by atoms with Crippen molar-refractivity contribution in [3.8, 4) is 5.75 Å². The molecule has 3 rings (SSSR count). The Morgan fingerprint density at radius 3 is 2.23 bits per heavy atom. The summed E-state index contributed by atoms with van der Waals surface area (Å²) < 4.78 is 33.9. The second-order valence-electron chi connectivity index (χ2n) is 9.90. The Kier molecular flexibility index (Phi) is 11.5. The van der Waals surface area contributed by atoms with Crippen molar-refractivity contribution in [1.29, 1.82) is 0 Å². The molecule has 2 aromatic carbocycles. The van der Waals surface area contributed by atoms with Crippen LogP contribution < -0.4 is 14.8 Å². The molecule has 9 nitrogen and oxygen atoms in total. The van der Waals surface area contributed by atoms with Gasteiger partial charge in [-0.05, 0) is 47.7 Å². The van der Waals surface area contributed by atoms with Crippen LogP contribution in [-0.4, -0.2) is 44.0 Å². The molecule has 0 bridgehead atoms. The number of sulfonamides is 1. The van der Waals surface area contributed by atoms with Crippen molar-refractivity contribution in [2.45, 2.75) is 44.6 Å². The molecule has 3 aromatic rings. The van der Waals surface area contributed by atoms with Crippen molar-refractivity contribution >= 4 is 27.5 Å². The third-order valence-corrected chi connectivity index (χ3v) is 7.49. The number of pyridine rings is 1. The number of rotatable bonds is 16. The number of para-hydroxylation sites is 1. The monoisotopic (exact) mass is 565 g/mol. The van der Waals surface area contributed by atoms with Gasteiger partial charge in [0, 0.05) is 31.2 Å². The largest absolute Gasteiger partial charge is 0.487 e. The van der Waals surface area contributed by atoms with E-state index in [1.807, 2.05) is 44.2 Å². The van der Waals surface area contributed by atoms with Crippen LogP contribution in [0.25, 0.3) is 0 Å². The van der Waals surface area contributed by atoms with Crippen LogP contribution in [0.15, 0.2) is 84.0 Å². The van der Waals surface area contributed by atoms with E-state index in [0.29, 0.717) is 6.42 Å². The van der Waals surface area contributed by atoms with Gasteiger partial charge in [0.05, 0.1) is 13.1 Å². The molecule has 0 aliphatic heterocycles. The van der Waals surface area contributed by atoms with Crippen molar-refractivity contribution in [2.75, 3.05) is 13.1 Å². The molecule has 0 aliphatic rings. The predicted octanol–water partition coefficient (Wildman–Crippen LogP) is 3.49. The average Bonchev–Trinajstić information content (AvgIpc) is 2.94. The lowest BCUT2D eigenvalue weighted by Gasteiger charge is -2.18. The van der Waals surface area contributed by atoms with Crippen LogP contribution in [0.1, 0.15) is 37.8 Å². The topological polar surface area (TPSA) is 132 Å². The number of hydrogen-bond acceptors (Lipinski definition) is 7. The second kappa shape index (κ2) is 15.0. The third kappa shape index (κ3) is 10.0. The summed E-state index contributed by atoms with van der Waals surface area (Å²) in [5.41, 5.74) is 1.70. The van der Waals surface area contributed by atoms with Gasteiger partial charge in [0.25, 0.3) is 0 Å². The predicted molar refractivity (Wildman–Crippen MR) is 151 cm³/mol. The first kappa shape index (κ1) is 30.6. The molecule has 0 spiro atoms. The molecule has 1 aromatic heterocycles.